The summed E-state index contributed by atoms with van der Waals surface area (Å²) >= 11 is 0. The summed E-state index contributed by atoms with van der Waals surface area (Å²) in [5.41, 5.74) is 3.36. The van der Waals surface area contributed by atoms with Gasteiger partial charge in [-0.3, -0.25) is 9.79 Å². The summed E-state index contributed by atoms with van der Waals surface area (Å²) in [7, 11) is 1.74. The number of rotatable bonds is 7. The van der Waals surface area contributed by atoms with Crippen LogP contribution in [0.15, 0.2) is 53.5 Å². The SMILES string of the molecule is CN=C(NCCOc1ccc(C(C)C)cc1)NCC1CC(=O)Nc2ccccc21. The normalized spacial score (nSPS) is 16.2. The monoisotopic (exact) mass is 394 g/mol. The van der Waals surface area contributed by atoms with Gasteiger partial charge in [-0.2, -0.15) is 0 Å². The van der Waals surface area contributed by atoms with E-state index in [1.54, 1.807) is 7.05 Å². The van der Waals surface area contributed by atoms with Crippen molar-refractivity contribution in [2.24, 2.45) is 4.99 Å². The number of ether oxygens (including phenoxy) is 1. The van der Waals surface area contributed by atoms with Gasteiger partial charge >= 0.3 is 0 Å². The number of amides is 1. The molecule has 0 bridgehead atoms. The fourth-order valence-electron chi connectivity index (χ4n) is 3.41. The fourth-order valence-corrected chi connectivity index (χ4v) is 3.41. The van der Waals surface area contributed by atoms with Crippen molar-refractivity contribution in [3.05, 3.63) is 59.7 Å². The minimum absolute atomic E-state index is 0.0512. The van der Waals surface area contributed by atoms with Gasteiger partial charge in [0, 0.05) is 31.6 Å². The molecule has 2 aromatic rings. The van der Waals surface area contributed by atoms with E-state index in [0.29, 0.717) is 38.0 Å². The Morgan fingerprint density at radius 3 is 2.66 bits per heavy atom. The molecular weight excluding hydrogens is 364 g/mol. The zero-order valence-electron chi connectivity index (χ0n) is 17.4. The van der Waals surface area contributed by atoms with Gasteiger partial charge in [0.25, 0.3) is 0 Å². The van der Waals surface area contributed by atoms with Crippen molar-refractivity contribution in [1.29, 1.82) is 0 Å². The summed E-state index contributed by atoms with van der Waals surface area (Å²) < 4.78 is 5.79. The molecule has 1 aliphatic heterocycles. The summed E-state index contributed by atoms with van der Waals surface area (Å²) in [5.74, 6) is 2.25. The van der Waals surface area contributed by atoms with Crippen molar-refractivity contribution in [2.45, 2.75) is 32.1 Å². The molecule has 6 nitrogen and oxygen atoms in total. The number of carbonyl (C=O) groups excluding carboxylic acids is 1. The zero-order chi connectivity index (χ0) is 20.6. The quantitative estimate of drug-likeness (QED) is 0.382. The number of guanidine groups is 1. The average molecular weight is 395 g/mol. The Hall–Kier alpha value is -3.02. The van der Waals surface area contributed by atoms with Crippen molar-refractivity contribution in [3.8, 4) is 5.75 Å². The van der Waals surface area contributed by atoms with Gasteiger partial charge in [-0.15, -0.1) is 0 Å². The van der Waals surface area contributed by atoms with Crippen LogP contribution in [-0.4, -0.2) is 38.6 Å². The number of carbonyl (C=O) groups is 1. The molecule has 0 aliphatic carbocycles. The topological polar surface area (TPSA) is 74.8 Å². The number of aliphatic imine (C=N–C) groups is 1. The highest BCUT2D eigenvalue weighted by molar-refractivity contribution is 5.94. The van der Waals surface area contributed by atoms with Gasteiger partial charge in [0.2, 0.25) is 5.91 Å². The lowest BCUT2D eigenvalue weighted by Gasteiger charge is -2.26. The maximum absolute atomic E-state index is 12.0. The third-order valence-electron chi connectivity index (χ3n) is 5.06. The van der Waals surface area contributed by atoms with E-state index in [0.717, 1.165) is 17.0 Å². The first kappa shape index (κ1) is 20.7. The molecule has 0 radical (unpaired) electrons. The van der Waals surface area contributed by atoms with Gasteiger partial charge in [-0.05, 0) is 35.2 Å². The maximum Gasteiger partial charge on any atom is 0.225 e. The van der Waals surface area contributed by atoms with E-state index in [9.17, 15) is 4.79 Å². The van der Waals surface area contributed by atoms with Crippen molar-refractivity contribution in [1.82, 2.24) is 10.6 Å². The molecule has 0 fully saturated rings. The minimum Gasteiger partial charge on any atom is -0.492 e. The summed E-state index contributed by atoms with van der Waals surface area (Å²) in [5, 5.41) is 9.51. The molecule has 6 heteroatoms. The highest BCUT2D eigenvalue weighted by atomic mass is 16.5. The highest BCUT2D eigenvalue weighted by Gasteiger charge is 2.24. The number of anilines is 1. The Kier molecular flexibility index (Phi) is 7.11. The molecule has 29 heavy (non-hydrogen) atoms. The van der Waals surface area contributed by atoms with Gasteiger partial charge < -0.3 is 20.7 Å². The molecule has 2 aromatic carbocycles. The number of nitrogens with zero attached hydrogens (tertiary/aromatic N) is 1. The van der Waals surface area contributed by atoms with E-state index in [1.807, 2.05) is 30.3 Å². The lowest BCUT2D eigenvalue weighted by Crippen LogP contribution is -2.42. The maximum atomic E-state index is 12.0. The van der Waals surface area contributed by atoms with Crippen molar-refractivity contribution in [2.75, 3.05) is 32.1 Å². The van der Waals surface area contributed by atoms with Crippen molar-refractivity contribution < 1.29 is 9.53 Å². The summed E-state index contributed by atoms with van der Waals surface area (Å²) in [6.07, 6.45) is 0.469. The summed E-state index contributed by atoms with van der Waals surface area (Å²) in [6, 6.07) is 16.2. The Labute approximate surface area is 172 Å². The van der Waals surface area contributed by atoms with E-state index in [2.05, 4.69) is 53.0 Å². The molecule has 154 valence electrons. The number of nitrogens with one attached hydrogen (secondary N) is 3. The van der Waals surface area contributed by atoms with Gasteiger partial charge in [-0.1, -0.05) is 44.2 Å². The molecule has 3 rings (SSSR count). The Balaban J connectivity index is 1.44. The average Bonchev–Trinajstić information content (AvgIpc) is 2.73. The molecule has 0 saturated heterocycles. The number of hydrogen-bond acceptors (Lipinski definition) is 3. The van der Waals surface area contributed by atoms with Crippen LogP contribution in [-0.2, 0) is 4.79 Å². The second-order valence-corrected chi connectivity index (χ2v) is 7.49. The Morgan fingerprint density at radius 2 is 1.93 bits per heavy atom. The molecule has 0 aromatic heterocycles. The lowest BCUT2D eigenvalue weighted by atomic mass is 9.90. The van der Waals surface area contributed by atoms with Crippen LogP contribution in [0.25, 0.3) is 0 Å². The van der Waals surface area contributed by atoms with Crippen LogP contribution < -0.4 is 20.7 Å². The van der Waals surface area contributed by atoms with Crippen molar-refractivity contribution >= 4 is 17.6 Å². The first-order valence-electron chi connectivity index (χ1n) is 10.1. The number of hydrogen-bond donors (Lipinski definition) is 3. The molecular formula is C23H30N4O2. The highest BCUT2D eigenvalue weighted by Crippen LogP contribution is 2.31. The molecule has 1 heterocycles. The molecule has 1 unspecified atom stereocenters. The summed E-state index contributed by atoms with van der Waals surface area (Å²) in [6.45, 7) is 6.17. The van der Waals surface area contributed by atoms with E-state index < -0.39 is 0 Å². The summed E-state index contributed by atoms with van der Waals surface area (Å²) in [4.78, 5) is 16.2. The molecule has 3 N–H and O–H groups in total. The zero-order valence-corrected chi connectivity index (χ0v) is 17.4. The first-order chi connectivity index (χ1) is 14.1. The predicted molar refractivity (Wildman–Crippen MR) is 118 cm³/mol. The van der Waals surface area contributed by atoms with Crippen LogP contribution in [0.4, 0.5) is 5.69 Å². The molecule has 1 atom stereocenters. The standard InChI is InChI=1S/C23H30N4O2/c1-16(2)17-8-10-19(11-9-17)29-13-12-25-23(24-3)26-15-18-14-22(28)27-21-7-5-4-6-20(18)21/h4-11,16,18H,12-15H2,1-3H3,(H,27,28)(H2,24,25,26). The second-order valence-electron chi connectivity index (χ2n) is 7.49. The van der Waals surface area contributed by atoms with Crippen LogP contribution in [0.5, 0.6) is 5.75 Å². The van der Waals surface area contributed by atoms with E-state index in [-0.39, 0.29) is 11.8 Å². The Morgan fingerprint density at radius 1 is 1.17 bits per heavy atom. The van der Waals surface area contributed by atoms with Crippen LogP contribution >= 0.6 is 0 Å². The van der Waals surface area contributed by atoms with E-state index in [1.165, 1.54) is 5.56 Å². The van der Waals surface area contributed by atoms with E-state index >= 15 is 0 Å². The molecule has 1 amide bonds. The van der Waals surface area contributed by atoms with Crippen LogP contribution in [0.1, 0.15) is 43.2 Å². The second kappa shape index (κ2) is 9.96. The predicted octanol–water partition coefficient (Wildman–Crippen LogP) is 3.48. The largest absolute Gasteiger partial charge is 0.492 e. The van der Waals surface area contributed by atoms with Crippen LogP contribution in [0.3, 0.4) is 0 Å². The first-order valence-corrected chi connectivity index (χ1v) is 10.1. The van der Waals surface area contributed by atoms with Crippen LogP contribution in [0.2, 0.25) is 0 Å². The van der Waals surface area contributed by atoms with Gasteiger partial charge in [0.15, 0.2) is 5.96 Å². The molecule has 0 spiro atoms. The number of benzene rings is 2. The van der Waals surface area contributed by atoms with Gasteiger partial charge in [-0.25, -0.2) is 0 Å². The smallest absolute Gasteiger partial charge is 0.225 e. The molecule has 1 aliphatic rings. The van der Waals surface area contributed by atoms with E-state index in [4.69, 9.17) is 4.74 Å². The Bertz CT molecular complexity index is 846. The fraction of sp³-hybridized carbons (Fsp3) is 0.391. The third-order valence-corrected chi connectivity index (χ3v) is 5.06. The molecule has 0 saturated carbocycles. The van der Waals surface area contributed by atoms with Crippen molar-refractivity contribution in [3.63, 3.8) is 0 Å². The van der Waals surface area contributed by atoms with Crippen LogP contribution in [0, 0.1) is 0 Å². The number of fused-ring (bicyclic) bond motifs is 1. The third kappa shape index (κ3) is 5.73. The minimum atomic E-state index is 0.0512. The number of para-hydroxylation sites is 1. The van der Waals surface area contributed by atoms with Gasteiger partial charge in [0.1, 0.15) is 12.4 Å². The van der Waals surface area contributed by atoms with Gasteiger partial charge in [0.05, 0.1) is 6.54 Å². The lowest BCUT2D eigenvalue weighted by molar-refractivity contribution is -0.116.